The summed E-state index contributed by atoms with van der Waals surface area (Å²) < 4.78 is 9.83. The van der Waals surface area contributed by atoms with Crippen molar-refractivity contribution in [1.29, 1.82) is 0 Å². The third-order valence-corrected chi connectivity index (χ3v) is 2.43. The van der Waals surface area contributed by atoms with E-state index in [-0.39, 0.29) is 13.2 Å². The number of esters is 2. The molecule has 0 unspecified atom stereocenters. The second-order valence-electron chi connectivity index (χ2n) is 4.13. The molecule has 0 aromatic carbocycles. The molecule has 0 aromatic heterocycles. The third-order valence-electron chi connectivity index (χ3n) is 2.43. The topological polar surface area (TPSA) is 52.6 Å². The van der Waals surface area contributed by atoms with Crippen molar-refractivity contribution in [2.24, 2.45) is 0 Å². The average Bonchev–Trinajstić information content (AvgIpc) is 2.45. The van der Waals surface area contributed by atoms with E-state index in [2.05, 4.69) is 26.3 Å². The molecule has 0 aromatic rings. The Hall–Kier alpha value is -2.10. The summed E-state index contributed by atoms with van der Waals surface area (Å²) in [5.41, 5.74) is 0.762. The van der Waals surface area contributed by atoms with Gasteiger partial charge in [-0.05, 0) is 25.7 Å². The van der Waals surface area contributed by atoms with Gasteiger partial charge in [0.1, 0.15) is 13.2 Å². The van der Waals surface area contributed by atoms with Gasteiger partial charge in [-0.2, -0.15) is 0 Å². The summed E-state index contributed by atoms with van der Waals surface area (Å²) in [7, 11) is 0. The number of hydrogen-bond donors (Lipinski definition) is 0. The number of carbonyl (C=O) groups excluding carboxylic acids is 2. The van der Waals surface area contributed by atoms with Gasteiger partial charge < -0.3 is 9.47 Å². The zero-order chi connectivity index (χ0) is 15.4. The smallest absolute Gasteiger partial charge is 0.333 e. The Morgan fingerprint density at radius 2 is 1.15 bits per heavy atom. The van der Waals surface area contributed by atoms with E-state index in [1.807, 2.05) is 0 Å². The van der Waals surface area contributed by atoms with Gasteiger partial charge in [-0.25, -0.2) is 9.59 Å². The van der Waals surface area contributed by atoms with E-state index in [9.17, 15) is 9.59 Å². The predicted molar refractivity (Wildman–Crippen MR) is 79.1 cm³/mol. The lowest BCUT2D eigenvalue weighted by Gasteiger charge is -2.08. The van der Waals surface area contributed by atoms with Gasteiger partial charge in [-0.3, -0.25) is 0 Å². The molecule has 0 saturated heterocycles. The summed E-state index contributed by atoms with van der Waals surface area (Å²) >= 11 is 0. The largest absolute Gasteiger partial charge is 0.459 e. The van der Waals surface area contributed by atoms with E-state index in [1.54, 1.807) is 12.2 Å². The normalized spacial score (nSPS) is 9.40. The van der Waals surface area contributed by atoms with Crippen LogP contribution in [0.5, 0.6) is 0 Å². The summed E-state index contributed by atoms with van der Waals surface area (Å²) in [6.45, 7) is 14.4. The Bertz CT molecular complexity index is 355. The fourth-order valence-corrected chi connectivity index (χ4v) is 1.23. The molecule has 20 heavy (non-hydrogen) atoms. The predicted octanol–water partition coefficient (Wildman–Crippen LogP) is 3.12. The fraction of sp³-hybridized carbons (Fsp3) is 0.375. The maximum Gasteiger partial charge on any atom is 0.333 e. The van der Waals surface area contributed by atoms with Crippen LogP contribution in [-0.4, -0.2) is 25.2 Å². The Kier molecular flexibility index (Phi) is 9.66. The molecule has 4 heteroatoms. The SMILES string of the molecule is C=CCCC(=C)C(=O)OCCOC(=O)C(=C)CCC=C. The van der Waals surface area contributed by atoms with E-state index in [1.165, 1.54) is 0 Å². The molecule has 110 valence electrons. The molecule has 0 aliphatic carbocycles. The molecule has 0 saturated carbocycles. The van der Waals surface area contributed by atoms with E-state index in [4.69, 9.17) is 9.47 Å². The lowest BCUT2D eigenvalue weighted by molar-refractivity contribution is -0.147. The van der Waals surface area contributed by atoms with Crippen LogP contribution in [-0.2, 0) is 19.1 Å². The summed E-state index contributed by atoms with van der Waals surface area (Å²) in [5, 5.41) is 0. The van der Waals surface area contributed by atoms with Crippen molar-refractivity contribution in [2.45, 2.75) is 25.7 Å². The zero-order valence-electron chi connectivity index (χ0n) is 11.9. The molecule has 0 atom stereocenters. The molecule has 0 spiro atoms. The second-order valence-corrected chi connectivity index (χ2v) is 4.13. The van der Waals surface area contributed by atoms with Crippen molar-refractivity contribution in [3.8, 4) is 0 Å². The van der Waals surface area contributed by atoms with E-state index in [0.717, 1.165) is 0 Å². The second kappa shape index (κ2) is 10.8. The van der Waals surface area contributed by atoms with Gasteiger partial charge in [-0.15, -0.1) is 13.2 Å². The molecular formula is C16H22O4. The van der Waals surface area contributed by atoms with E-state index >= 15 is 0 Å². The Labute approximate surface area is 120 Å². The number of rotatable bonds is 11. The fourth-order valence-electron chi connectivity index (χ4n) is 1.23. The molecule has 0 amide bonds. The third kappa shape index (κ3) is 8.08. The van der Waals surface area contributed by atoms with Gasteiger partial charge in [0.25, 0.3) is 0 Å². The minimum atomic E-state index is -0.478. The molecule has 0 N–H and O–H groups in total. The van der Waals surface area contributed by atoms with Crippen molar-refractivity contribution in [2.75, 3.05) is 13.2 Å². The van der Waals surface area contributed by atoms with Crippen LogP contribution in [0, 0.1) is 0 Å². The van der Waals surface area contributed by atoms with Crippen molar-refractivity contribution in [3.05, 3.63) is 49.6 Å². The van der Waals surface area contributed by atoms with Crippen LogP contribution >= 0.6 is 0 Å². The van der Waals surface area contributed by atoms with Crippen LogP contribution in [0.1, 0.15) is 25.7 Å². The lowest BCUT2D eigenvalue weighted by Crippen LogP contribution is -2.15. The minimum absolute atomic E-state index is 0.00637. The Morgan fingerprint density at radius 1 is 0.800 bits per heavy atom. The van der Waals surface area contributed by atoms with E-state index in [0.29, 0.717) is 36.8 Å². The highest BCUT2D eigenvalue weighted by molar-refractivity contribution is 5.88. The van der Waals surface area contributed by atoms with Gasteiger partial charge >= 0.3 is 11.9 Å². The molecule has 0 aliphatic rings. The summed E-state index contributed by atoms with van der Waals surface area (Å²) in [6.07, 6.45) is 5.78. The quantitative estimate of drug-likeness (QED) is 0.252. The lowest BCUT2D eigenvalue weighted by atomic mass is 10.2. The molecule has 0 heterocycles. The molecule has 0 rings (SSSR count). The number of carbonyl (C=O) groups is 2. The van der Waals surface area contributed by atoms with E-state index < -0.39 is 11.9 Å². The monoisotopic (exact) mass is 278 g/mol. The van der Waals surface area contributed by atoms with Gasteiger partial charge in [0.15, 0.2) is 0 Å². The molecule has 0 aliphatic heterocycles. The van der Waals surface area contributed by atoms with Crippen molar-refractivity contribution in [1.82, 2.24) is 0 Å². The maximum atomic E-state index is 11.4. The standard InChI is InChI=1S/C16H22O4/c1-5-7-9-13(3)15(17)19-11-12-20-16(18)14(4)10-8-6-2/h5-6H,1-4,7-12H2. The first-order valence-corrected chi connectivity index (χ1v) is 6.44. The minimum Gasteiger partial charge on any atom is -0.459 e. The first kappa shape index (κ1) is 17.9. The van der Waals surface area contributed by atoms with Crippen molar-refractivity contribution < 1.29 is 19.1 Å². The first-order valence-electron chi connectivity index (χ1n) is 6.44. The molecule has 0 bridgehead atoms. The van der Waals surface area contributed by atoms with Gasteiger partial charge in [0.2, 0.25) is 0 Å². The van der Waals surface area contributed by atoms with Crippen LogP contribution in [0.25, 0.3) is 0 Å². The highest BCUT2D eigenvalue weighted by Crippen LogP contribution is 2.06. The van der Waals surface area contributed by atoms with Gasteiger partial charge in [0, 0.05) is 11.1 Å². The highest BCUT2D eigenvalue weighted by atomic mass is 16.6. The molecule has 4 nitrogen and oxygen atoms in total. The van der Waals surface area contributed by atoms with Crippen LogP contribution in [0.15, 0.2) is 49.6 Å². The molecule has 0 radical (unpaired) electrons. The van der Waals surface area contributed by atoms with Crippen LogP contribution in [0.3, 0.4) is 0 Å². The van der Waals surface area contributed by atoms with Gasteiger partial charge in [-0.1, -0.05) is 25.3 Å². The first-order chi connectivity index (χ1) is 9.52. The average molecular weight is 278 g/mol. The highest BCUT2D eigenvalue weighted by Gasteiger charge is 2.10. The zero-order valence-corrected chi connectivity index (χ0v) is 11.9. The maximum absolute atomic E-state index is 11.4. The Balaban J connectivity index is 3.79. The number of ether oxygens (including phenoxy) is 2. The molecule has 0 fully saturated rings. The number of allylic oxidation sites excluding steroid dienone is 2. The van der Waals surface area contributed by atoms with Crippen LogP contribution in [0.2, 0.25) is 0 Å². The van der Waals surface area contributed by atoms with Crippen molar-refractivity contribution >= 4 is 11.9 Å². The van der Waals surface area contributed by atoms with Crippen LogP contribution < -0.4 is 0 Å². The van der Waals surface area contributed by atoms with Gasteiger partial charge in [0.05, 0.1) is 0 Å². The summed E-state index contributed by atoms with van der Waals surface area (Å²) in [5.74, 6) is -0.957. The van der Waals surface area contributed by atoms with Crippen molar-refractivity contribution in [3.63, 3.8) is 0 Å². The summed E-state index contributed by atoms with van der Waals surface area (Å²) in [6, 6.07) is 0. The number of hydrogen-bond acceptors (Lipinski definition) is 4. The van der Waals surface area contributed by atoms with Crippen LogP contribution in [0.4, 0.5) is 0 Å². The Morgan fingerprint density at radius 3 is 1.45 bits per heavy atom. The summed E-state index contributed by atoms with van der Waals surface area (Å²) in [4.78, 5) is 22.9. The molecular weight excluding hydrogens is 256 g/mol.